The van der Waals surface area contributed by atoms with Gasteiger partial charge in [0.2, 0.25) is 11.1 Å². The number of tetrazole rings is 1. The number of nitrogens with one attached hydrogen (secondary N) is 1. The molecule has 7 nitrogen and oxygen atoms in total. The van der Waals surface area contributed by atoms with Gasteiger partial charge >= 0.3 is 0 Å². The maximum absolute atomic E-state index is 12.3. The molecule has 1 heterocycles. The Balaban J connectivity index is 1.67. The number of nitrogens with zero attached hydrogens (tertiary/aromatic N) is 4. The fourth-order valence-corrected chi connectivity index (χ4v) is 3.29. The lowest BCUT2D eigenvalue weighted by Gasteiger charge is -2.09. The van der Waals surface area contributed by atoms with Crippen LogP contribution in [0, 0.1) is 13.8 Å². The monoisotopic (exact) mass is 381 g/mol. The van der Waals surface area contributed by atoms with E-state index >= 15 is 0 Å². The highest BCUT2D eigenvalue weighted by Gasteiger charge is 2.13. The van der Waals surface area contributed by atoms with Crippen molar-refractivity contribution in [3.05, 3.63) is 59.2 Å². The Morgan fingerprint density at radius 1 is 1.15 bits per heavy atom. The standard InChI is InChI=1S/C19H19N5O2S/c1-12-7-8-17(13(2)9-12)24-19(21-22-23-24)27-11-18(26)20-16-6-4-5-15(10-16)14(3)25/h4-10H,11H2,1-3H3,(H,20,26). The number of Topliss-reactive ketones (excluding diaryl/α,β-unsaturated/α-hetero) is 1. The average Bonchev–Trinajstić information content (AvgIpc) is 3.08. The van der Waals surface area contributed by atoms with Crippen LogP contribution in [-0.2, 0) is 4.79 Å². The number of amides is 1. The minimum absolute atomic E-state index is 0.0480. The van der Waals surface area contributed by atoms with Crippen molar-refractivity contribution in [1.82, 2.24) is 20.2 Å². The predicted octanol–water partition coefficient (Wildman–Crippen LogP) is 3.21. The van der Waals surface area contributed by atoms with Gasteiger partial charge in [-0.2, -0.15) is 4.68 Å². The van der Waals surface area contributed by atoms with Gasteiger partial charge in [-0.3, -0.25) is 9.59 Å². The molecule has 0 saturated carbocycles. The summed E-state index contributed by atoms with van der Waals surface area (Å²) in [6.45, 7) is 5.51. The number of anilines is 1. The van der Waals surface area contributed by atoms with Crippen LogP contribution in [0.25, 0.3) is 5.69 Å². The molecule has 1 aromatic heterocycles. The fourth-order valence-electron chi connectivity index (χ4n) is 2.61. The third-order valence-corrected chi connectivity index (χ3v) is 4.83. The third kappa shape index (κ3) is 4.59. The van der Waals surface area contributed by atoms with E-state index < -0.39 is 0 Å². The van der Waals surface area contributed by atoms with Crippen molar-refractivity contribution in [2.24, 2.45) is 0 Å². The van der Waals surface area contributed by atoms with E-state index in [-0.39, 0.29) is 17.4 Å². The first-order valence-electron chi connectivity index (χ1n) is 8.33. The minimum atomic E-state index is -0.198. The second-order valence-electron chi connectivity index (χ2n) is 6.14. The quantitative estimate of drug-likeness (QED) is 0.521. The Bertz CT molecular complexity index is 999. The molecule has 0 radical (unpaired) electrons. The topological polar surface area (TPSA) is 89.8 Å². The molecule has 0 aliphatic rings. The Morgan fingerprint density at radius 2 is 1.96 bits per heavy atom. The summed E-state index contributed by atoms with van der Waals surface area (Å²) >= 11 is 1.25. The molecule has 3 aromatic rings. The number of aromatic nitrogens is 4. The molecule has 0 unspecified atom stereocenters. The van der Waals surface area contributed by atoms with Crippen LogP contribution in [0.2, 0.25) is 0 Å². The maximum Gasteiger partial charge on any atom is 0.234 e. The Labute approximate surface area is 161 Å². The fraction of sp³-hybridized carbons (Fsp3) is 0.211. The number of carbonyl (C=O) groups excluding carboxylic acids is 2. The van der Waals surface area contributed by atoms with Gasteiger partial charge in [0.1, 0.15) is 0 Å². The van der Waals surface area contributed by atoms with Crippen molar-refractivity contribution in [2.45, 2.75) is 25.9 Å². The Morgan fingerprint density at radius 3 is 2.70 bits per heavy atom. The molecular weight excluding hydrogens is 362 g/mol. The minimum Gasteiger partial charge on any atom is -0.325 e. The lowest BCUT2D eigenvalue weighted by molar-refractivity contribution is -0.113. The second-order valence-corrected chi connectivity index (χ2v) is 7.08. The van der Waals surface area contributed by atoms with Crippen molar-refractivity contribution < 1.29 is 9.59 Å². The number of ketones is 1. The van der Waals surface area contributed by atoms with Gasteiger partial charge in [0.25, 0.3) is 0 Å². The number of benzene rings is 2. The normalized spacial score (nSPS) is 10.6. The summed E-state index contributed by atoms with van der Waals surface area (Å²) in [6, 6.07) is 12.9. The summed E-state index contributed by atoms with van der Waals surface area (Å²) in [5.74, 6) is -0.0979. The maximum atomic E-state index is 12.3. The summed E-state index contributed by atoms with van der Waals surface area (Å²) in [6.07, 6.45) is 0. The highest BCUT2D eigenvalue weighted by atomic mass is 32.2. The van der Waals surface area contributed by atoms with E-state index in [4.69, 9.17) is 0 Å². The van der Waals surface area contributed by atoms with Crippen LogP contribution >= 0.6 is 11.8 Å². The van der Waals surface area contributed by atoms with Gasteiger partial charge < -0.3 is 5.32 Å². The first kappa shape index (κ1) is 18.8. The summed E-state index contributed by atoms with van der Waals surface area (Å²) in [5, 5.41) is 15.1. The lowest BCUT2D eigenvalue weighted by atomic mass is 10.1. The molecule has 0 aliphatic carbocycles. The Kier molecular flexibility index (Phi) is 5.66. The molecule has 0 spiro atoms. The summed E-state index contributed by atoms with van der Waals surface area (Å²) in [4.78, 5) is 23.7. The molecule has 8 heteroatoms. The van der Waals surface area contributed by atoms with Gasteiger partial charge in [-0.1, -0.05) is 41.6 Å². The zero-order chi connectivity index (χ0) is 19.4. The van der Waals surface area contributed by atoms with E-state index in [1.54, 1.807) is 28.9 Å². The number of aryl methyl sites for hydroxylation is 2. The van der Waals surface area contributed by atoms with Crippen LogP contribution in [0.4, 0.5) is 5.69 Å². The smallest absolute Gasteiger partial charge is 0.234 e. The zero-order valence-electron chi connectivity index (χ0n) is 15.3. The van der Waals surface area contributed by atoms with E-state index in [9.17, 15) is 9.59 Å². The highest BCUT2D eigenvalue weighted by Crippen LogP contribution is 2.21. The van der Waals surface area contributed by atoms with Crippen molar-refractivity contribution in [3.8, 4) is 5.69 Å². The van der Waals surface area contributed by atoms with Gasteiger partial charge in [0, 0.05) is 11.3 Å². The molecule has 0 atom stereocenters. The van der Waals surface area contributed by atoms with Crippen LogP contribution in [0.5, 0.6) is 0 Å². The zero-order valence-corrected chi connectivity index (χ0v) is 16.1. The number of carbonyl (C=O) groups is 2. The molecule has 3 rings (SSSR count). The molecule has 0 fully saturated rings. The number of hydrogen-bond acceptors (Lipinski definition) is 6. The Hall–Kier alpha value is -3.00. The summed E-state index contributed by atoms with van der Waals surface area (Å²) in [7, 11) is 0. The summed E-state index contributed by atoms with van der Waals surface area (Å²) < 4.78 is 1.63. The second kappa shape index (κ2) is 8.13. The summed E-state index contributed by atoms with van der Waals surface area (Å²) in [5.41, 5.74) is 4.23. The van der Waals surface area contributed by atoms with Gasteiger partial charge in [-0.15, -0.1) is 5.10 Å². The van der Waals surface area contributed by atoms with Crippen LogP contribution in [0.15, 0.2) is 47.6 Å². The first-order chi connectivity index (χ1) is 12.9. The molecule has 2 aromatic carbocycles. The predicted molar refractivity (Wildman–Crippen MR) is 104 cm³/mol. The van der Waals surface area contributed by atoms with Crippen LogP contribution in [0.3, 0.4) is 0 Å². The van der Waals surface area contributed by atoms with Crippen LogP contribution in [-0.4, -0.2) is 37.7 Å². The van der Waals surface area contributed by atoms with Gasteiger partial charge in [0.15, 0.2) is 5.78 Å². The van der Waals surface area contributed by atoms with Gasteiger partial charge in [0.05, 0.1) is 11.4 Å². The van der Waals surface area contributed by atoms with Crippen LogP contribution in [0.1, 0.15) is 28.4 Å². The van der Waals surface area contributed by atoms with E-state index in [1.165, 1.54) is 18.7 Å². The number of rotatable bonds is 6. The van der Waals surface area contributed by atoms with Crippen molar-refractivity contribution >= 4 is 29.1 Å². The molecule has 0 aliphatic heterocycles. The third-order valence-electron chi connectivity index (χ3n) is 3.91. The van der Waals surface area contributed by atoms with Gasteiger partial charge in [-0.05, 0) is 55.0 Å². The van der Waals surface area contributed by atoms with Crippen molar-refractivity contribution in [3.63, 3.8) is 0 Å². The molecule has 0 bridgehead atoms. The van der Waals surface area contributed by atoms with E-state index in [0.717, 1.165) is 16.8 Å². The molecule has 0 saturated heterocycles. The van der Waals surface area contributed by atoms with E-state index in [1.807, 2.05) is 26.0 Å². The molecule has 1 amide bonds. The average molecular weight is 381 g/mol. The molecule has 138 valence electrons. The number of thioether (sulfide) groups is 1. The van der Waals surface area contributed by atoms with Gasteiger partial charge in [-0.25, -0.2) is 0 Å². The molecule has 27 heavy (non-hydrogen) atoms. The number of hydrogen-bond donors (Lipinski definition) is 1. The lowest BCUT2D eigenvalue weighted by Crippen LogP contribution is -2.15. The van der Waals surface area contributed by atoms with Crippen molar-refractivity contribution in [1.29, 1.82) is 0 Å². The van der Waals surface area contributed by atoms with Crippen LogP contribution < -0.4 is 5.32 Å². The van der Waals surface area contributed by atoms with E-state index in [2.05, 4.69) is 26.9 Å². The van der Waals surface area contributed by atoms with E-state index in [0.29, 0.717) is 16.4 Å². The SMILES string of the molecule is CC(=O)c1cccc(NC(=O)CSc2nnnn2-c2ccc(C)cc2C)c1. The molecular formula is C19H19N5O2S. The first-order valence-corrected chi connectivity index (χ1v) is 9.32. The largest absolute Gasteiger partial charge is 0.325 e. The molecule has 1 N–H and O–H groups in total. The highest BCUT2D eigenvalue weighted by molar-refractivity contribution is 7.99. The van der Waals surface area contributed by atoms with Crippen molar-refractivity contribution in [2.75, 3.05) is 11.1 Å².